The van der Waals surface area contributed by atoms with Crippen LogP contribution in [0.25, 0.3) is 0 Å². The van der Waals surface area contributed by atoms with Crippen LogP contribution in [0.3, 0.4) is 0 Å². The monoisotopic (exact) mass is 2110 g/mol. The van der Waals surface area contributed by atoms with Crippen LogP contribution in [0.4, 0.5) is 10.5 Å². The first-order chi connectivity index (χ1) is 70.1. The number of Topliss-reactive ketones (excluding diaryl/α,β-unsaturated/α-hetero) is 1. The number of methoxy groups -OCH3 is 4. The Morgan fingerprint density at radius 2 is 0.838 bits per heavy atom. The van der Waals surface area contributed by atoms with Crippen molar-refractivity contribution in [2.45, 2.75) is 327 Å². The third-order valence-corrected chi connectivity index (χ3v) is 31.4. The van der Waals surface area contributed by atoms with Crippen molar-refractivity contribution < 1.29 is 115 Å². The third-order valence-electron chi connectivity index (χ3n) is 29.5. The molecule has 4 aliphatic rings. The van der Waals surface area contributed by atoms with Crippen LogP contribution in [0.5, 0.6) is 0 Å². The summed E-state index contributed by atoms with van der Waals surface area (Å²) >= 11 is 2.76. The minimum absolute atomic E-state index is 0.0260. The predicted molar refractivity (Wildman–Crippen MR) is 567 cm³/mol. The number of amides is 14. The van der Waals surface area contributed by atoms with Gasteiger partial charge in [-0.1, -0.05) is 195 Å². The zero-order valence-corrected chi connectivity index (χ0v) is 93.2. The van der Waals surface area contributed by atoms with Crippen LogP contribution >= 0.6 is 23.5 Å². The molecule has 0 aromatic heterocycles. The van der Waals surface area contributed by atoms with Gasteiger partial charge in [0, 0.05) is 127 Å². The van der Waals surface area contributed by atoms with Gasteiger partial charge in [0.15, 0.2) is 5.78 Å². The number of carbonyl (C=O) groups is 17. The zero-order chi connectivity index (χ0) is 110. The summed E-state index contributed by atoms with van der Waals surface area (Å²) in [5.74, 6) is -9.73. The van der Waals surface area contributed by atoms with E-state index < -0.39 is 144 Å². The smallest absolute Gasteiger partial charge is 0.410 e. The summed E-state index contributed by atoms with van der Waals surface area (Å²) in [6.07, 6.45) is 8.35. The third kappa shape index (κ3) is 35.8. The molecule has 3 aromatic rings. The van der Waals surface area contributed by atoms with E-state index in [1.54, 1.807) is 141 Å². The van der Waals surface area contributed by atoms with Crippen LogP contribution in [0.15, 0.2) is 84.9 Å². The van der Waals surface area contributed by atoms with E-state index in [2.05, 4.69) is 26.6 Å². The number of unbranched alkanes of at least 4 members (excludes halogenated alkanes) is 4. The molecule has 0 bridgehead atoms. The lowest BCUT2D eigenvalue weighted by atomic mass is 9.89. The fraction of sp³-hybridized carbons (Fsp3) is 0.679. The summed E-state index contributed by atoms with van der Waals surface area (Å²) in [7, 11) is 12.3. The van der Waals surface area contributed by atoms with Crippen LogP contribution in [-0.2, 0) is 120 Å². The summed E-state index contributed by atoms with van der Waals surface area (Å²) in [4.78, 5) is 239. The summed E-state index contributed by atoms with van der Waals surface area (Å²) in [6.45, 7) is 27.4. The number of anilines is 1. The van der Waals surface area contributed by atoms with E-state index in [9.17, 15) is 91.7 Å². The van der Waals surface area contributed by atoms with E-state index in [-0.39, 0.29) is 157 Å². The highest BCUT2D eigenvalue weighted by Crippen LogP contribution is 2.35. The van der Waals surface area contributed by atoms with Crippen molar-refractivity contribution >= 4 is 130 Å². The Kier molecular flexibility index (Phi) is 53.0. The molecule has 20 atom stereocenters. The van der Waals surface area contributed by atoms with Crippen LogP contribution in [0.1, 0.15) is 229 Å². The number of hydrogen-bond donors (Lipinski definition) is 7. The van der Waals surface area contributed by atoms with Gasteiger partial charge in [0.05, 0.1) is 90.3 Å². The minimum Gasteiger partial charge on any atom is -0.480 e. The lowest BCUT2D eigenvalue weighted by Gasteiger charge is -2.41. The van der Waals surface area contributed by atoms with E-state index >= 15 is 0 Å². The van der Waals surface area contributed by atoms with Crippen LogP contribution < -0.4 is 26.6 Å². The Balaban J connectivity index is 0.000000458. The summed E-state index contributed by atoms with van der Waals surface area (Å²) in [6, 6.07) is 16.8. The summed E-state index contributed by atoms with van der Waals surface area (Å²) in [5, 5.41) is 33.7. The number of likely N-dealkylation sites (tertiary alicyclic amines) is 4. The molecule has 4 fully saturated rings. The molecule has 0 spiro atoms. The SMILES string of the molecule is CC[C@H](C)[C@@H]([C@@H](CC(=O)N1CCC[C@H]1[C@H](OC)[C@@H](C)C(=O)N[C@@H](Cc1ccccc1)C(=O)O)OC)N(C)C(=O)[C@@H](NC(=O)[C@H](C(C)C)N(C)C(=O)CCCCCN1C(=O)CC(SC)C1=O)C(C)C.CC[C@H](C)[C@@H]([C@@H](CC(=O)N1CCC[C@H]1[C@H](OC)[C@@H](C)C(=O)N[C@@H](Cc1ccccc1)C(=O)O)OC)N(C)C(=O)[C@@H](NC(=O)[C@H](C(C)C)N(C)C(=O)OCc1ccc(NCC(=O)CCCCCN2C(=O)CC(SC)C2=O)cc1)C(C)C. The molecule has 7 rings (SSSR count). The van der Waals surface area contributed by atoms with Gasteiger partial charge in [-0.15, -0.1) is 0 Å². The highest BCUT2D eigenvalue weighted by molar-refractivity contribution is 8.00. The van der Waals surface area contributed by atoms with Crippen molar-refractivity contribution in [2.24, 2.45) is 47.3 Å². The Hall–Kier alpha value is -10.6. The second-order valence-corrected chi connectivity index (χ2v) is 43.3. The number of nitrogens with one attached hydrogen (secondary N) is 5. The average molecular weight is 2110 g/mol. The highest BCUT2D eigenvalue weighted by atomic mass is 32.2. The zero-order valence-electron chi connectivity index (χ0n) is 91.6. The Morgan fingerprint density at radius 3 is 1.18 bits per heavy atom. The molecule has 2 unspecified atom stereocenters. The molecular formula is C109H169N13O24S2. The molecule has 4 heterocycles. The number of aliphatic carboxylic acids is 2. The fourth-order valence-electron chi connectivity index (χ4n) is 20.4. The lowest BCUT2D eigenvalue weighted by molar-refractivity contribution is -0.149. The maximum atomic E-state index is 14.7. The number of nitrogens with zero attached hydrogens (tertiary/aromatic N) is 8. The fourth-order valence-corrected chi connectivity index (χ4v) is 21.7. The number of carboxylic acid groups (broad SMARTS) is 2. The number of hydrogen-bond acceptors (Lipinski definition) is 25. The van der Waals surface area contributed by atoms with Gasteiger partial charge in [0.2, 0.25) is 76.8 Å². The molecular weight excluding hydrogens is 1940 g/mol. The Bertz CT molecular complexity index is 4850. The van der Waals surface area contributed by atoms with Crippen LogP contribution in [-0.4, -0.2) is 347 Å². The van der Waals surface area contributed by atoms with Gasteiger partial charge in [-0.05, 0) is 128 Å². The van der Waals surface area contributed by atoms with E-state index in [0.29, 0.717) is 114 Å². The molecule has 0 radical (unpaired) electrons. The van der Waals surface area contributed by atoms with E-state index in [1.165, 1.54) is 78.6 Å². The Labute approximate surface area is 884 Å². The molecule has 14 amide bonds. The number of benzene rings is 3. The number of rotatable bonds is 61. The number of carboxylic acids is 2. The van der Waals surface area contributed by atoms with Gasteiger partial charge < -0.3 is 85.0 Å². The standard InChI is InChI=1S/C59H89N7O13S.C50H80N6O11S/c1-13-38(6)52(46(77-10)32-48(68)65-30-20-24-45(65)53(78-11)39(7)54(70)61-44(58(74)75)31-40-21-16-14-17-22-40)63(8)57(73)50(36(2)3)62-55(71)51(37(4)5)64(9)59(76)79-35-41-25-27-42(28-26-41)60-34-43(67)23-18-15-19-29-66-49(69)33-47(80-12)56(66)72;1-13-32(6)44(37(66-10)28-40(58)55-26-20-23-36(55)45(67-11)33(7)46(60)51-35(50(64)65)27-34-21-16-14-17-22-34)54(9)49(63)42(30(2)3)52-47(61)43(31(4)5)53(8)39(57)24-18-15-19-25-56-41(59)29-38(68-12)48(56)62/h14,16-17,21-22,25-28,36-39,44-47,50-53,60H,13,15,18-20,23-24,29-35H2,1-12H3,(H,61,70)(H,62,71)(H,74,75);14,16-17,21-22,30-33,35-38,42-45H,13,15,18-20,23-29H2,1-12H3,(H,51,60)(H,52,61)(H,64,65)/t38-,39+,44-,45-,46+,47?,50-,51-,52-,53+;32-,33+,35-,36-,37+,38?,42-,43-,44-,45+/m00/s1. The first-order valence-electron chi connectivity index (χ1n) is 52.4. The lowest BCUT2D eigenvalue weighted by Crippen LogP contribution is -2.60. The number of likely N-dealkylation sites (N-methyl/N-ethyl adjacent to an activating group) is 4. The highest BCUT2D eigenvalue weighted by Gasteiger charge is 2.49. The molecule has 4 aliphatic heterocycles. The average Bonchev–Trinajstić information content (AvgIpc) is 1.36. The first-order valence-corrected chi connectivity index (χ1v) is 54.9. The number of imide groups is 2. The van der Waals surface area contributed by atoms with Crippen molar-refractivity contribution in [1.29, 1.82) is 0 Å². The molecule has 37 nitrogen and oxygen atoms in total. The normalized spacial score (nSPS) is 19.1. The largest absolute Gasteiger partial charge is 0.480 e. The summed E-state index contributed by atoms with van der Waals surface area (Å²) < 4.78 is 29.6. The van der Waals surface area contributed by atoms with Crippen molar-refractivity contribution in [2.75, 3.05) is 107 Å². The van der Waals surface area contributed by atoms with Crippen molar-refractivity contribution in [1.82, 2.24) is 60.5 Å². The van der Waals surface area contributed by atoms with E-state index in [1.807, 2.05) is 93.9 Å². The topological polar surface area (TPSA) is 463 Å². The predicted octanol–water partition coefficient (Wildman–Crippen LogP) is 10.6. The number of carbonyl (C=O) groups excluding carboxylic acids is 15. The molecule has 0 aliphatic carbocycles. The molecule has 826 valence electrons. The molecule has 0 saturated carbocycles. The van der Waals surface area contributed by atoms with E-state index in [0.717, 1.165) is 17.5 Å². The van der Waals surface area contributed by atoms with Gasteiger partial charge in [0.25, 0.3) is 0 Å². The van der Waals surface area contributed by atoms with E-state index in [4.69, 9.17) is 23.7 Å². The second kappa shape index (κ2) is 62.3. The number of ketones is 1. The summed E-state index contributed by atoms with van der Waals surface area (Å²) in [5.41, 5.74) is 2.90. The molecule has 148 heavy (non-hydrogen) atoms. The van der Waals surface area contributed by atoms with Crippen LogP contribution in [0.2, 0.25) is 0 Å². The molecule has 3 aromatic carbocycles. The van der Waals surface area contributed by atoms with Gasteiger partial charge >= 0.3 is 18.0 Å². The maximum absolute atomic E-state index is 14.7. The van der Waals surface area contributed by atoms with Crippen molar-refractivity contribution in [3.05, 3.63) is 102 Å². The molecule has 7 N–H and O–H groups in total. The van der Waals surface area contributed by atoms with Gasteiger partial charge in [-0.25, -0.2) is 14.4 Å². The van der Waals surface area contributed by atoms with Gasteiger partial charge in [-0.3, -0.25) is 81.8 Å². The molecule has 39 heteroatoms. The second-order valence-electron chi connectivity index (χ2n) is 41.2. The number of thioether (sulfide) groups is 2. The minimum atomic E-state index is -1.17. The number of ether oxygens (including phenoxy) is 5. The first kappa shape index (κ1) is 126. The maximum Gasteiger partial charge on any atom is 0.410 e. The molecule has 4 saturated heterocycles. The van der Waals surface area contributed by atoms with Crippen LogP contribution in [0, 0.1) is 47.3 Å². The van der Waals surface area contributed by atoms with Gasteiger partial charge in [0.1, 0.15) is 42.9 Å². The Morgan fingerprint density at radius 1 is 0.453 bits per heavy atom. The van der Waals surface area contributed by atoms with Crippen molar-refractivity contribution in [3.8, 4) is 0 Å². The van der Waals surface area contributed by atoms with Crippen molar-refractivity contribution in [3.63, 3.8) is 0 Å². The van der Waals surface area contributed by atoms with Gasteiger partial charge in [-0.2, -0.15) is 23.5 Å². The quantitative estimate of drug-likeness (QED) is 0.0204.